The molecule has 0 aliphatic heterocycles. The molecule has 0 aliphatic carbocycles. The van der Waals surface area contributed by atoms with Crippen LogP contribution in [0.2, 0.25) is 0 Å². The highest BCUT2D eigenvalue weighted by molar-refractivity contribution is 5.77. The smallest absolute Gasteiger partial charge is 0.422 e. The van der Waals surface area contributed by atoms with E-state index in [0.29, 0.717) is 30.0 Å². The van der Waals surface area contributed by atoms with Gasteiger partial charge < -0.3 is 14.5 Å². The van der Waals surface area contributed by atoms with Gasteiger partial charge in [0.2, 0.25) is 5.91 Å². The summed E-state index contributed by atoms with van der Waals surface area (Å²) in [4.78, 5) is 13.8. The van der Waals surface area contributed by atoms with Crippen LogP contribution >= 0.6 is 0 Å². The van der Waals surface area contributed by atoms with E-state index in [4.69, 9.17) is 9.15 Å². The minimum atomic E-state index is -4.37. The topological polar surface area (TPSA) is 54.7 Å². The fourth-order valence-electron chi connectivity index (χ4n) is 2.78. The van der Waals surface area contributed by atoms with Crippen LogP contribution in [0.4, 0.5) is 13.2 Å². The molecule has 1 aromatic carbocycles. The van der Waals surface area contributed by atoms with Gasteiger partial charge in [0.05, 0.1) is 19.4 Å². The van der Waals surface area contributed by atoms with E-state index in [1.165, 1.54) is 0 Å². The third-order valence-electron chi connectivity index (χ3n) is 3.81. The summed E-state index contributed by atoms with van der Waals surface area (Å²) in [6, 6.07) is 7.07. The Morgan fingerprint density at radius 2 is 1.93 bits per heavy atom. The maximum Gasteiger partial charge on any atom is 0.422 e. The number of likely N-dealkylation sites (N-methyl/N-ethyl adjacent to an activating group) is 1. The molecule has 0 saturated heterocycles. The molecule has 148 valence electrons. The van der Waals surface area contributed by atoms with Crippen LogP contribution in [0.1, 0.15) is 22.5 Å². The van der Waals surface area contributed by atoms with Gasteiger partial charge in [0, 0.05) is 6.54 Å². The Morgan fingerprint density at radius 1 is 1.26 bits per heavy atom. The van der Waals surface area contributed by atoms with Crippen molar-refractivity contribution < 1.29 is 27.1 Å². The number of nitrogens with one attached hydrogen (secondary N) is 1. The number of carbonyl (C=O) groups excluding carboxylic acids is 1. The maximum atomic E-state index is 12.4. The van der Waals surface area contributed by atoms with Crippen LogP contribution in [-0.4, -0.2) is 37.2 Å². The first-order chi connectivity index (χ1) is 12.6. The van der Waals surface area contributed by atoms with Gasteiger partial charge in [-0.1, -0.05) is 12.1 Å². The molecule has 5 nitrogen and oxygen atoms in total. The second kappa shape index (κ2) is 8.94. The number of carbonyl (C=O) groups is 1. The molecule has 1 heterocycles. The molecule has 0 fully saturated rings. The number of alkyl halides is 3. The zero-order valence-electron chi connectivity index (χ0n) is 15.5. The summed E-state index contributed by atoms with van der Waals surface area (Å²) in [6.07, 6.45) is -2.83. The molecule has 2 rings (SSSR count). The summed E-state index contributed by atoms with van der Waals surface area (Å²) in [7, 11) is 1.80. The third kappa shape index (κ3) is 6.97. The van der Waals surface area contributed by atoms with Crippen molar-refractivity contribution in [3.8, 4) is 5.75 Å². The number of hydrogen-bond acceptors (Lipinski definition) is 4. The molecule has 0 bridgehead atoms. The molecule has 0 saturated carbocycles. The summed E-state index contributed by atoms with van der Waals surface area (Å²) in [6.45, 7) is 3.09. The van der Waals surface area contributed by atoms with Gasteiger partial charge in [0.25, 0.3) is 0 Å². The highest BCUT2D eigenvalue weighted by Gasteiger charge is 2.29. The number of benzene rings is 1. The van der Waals surface area contributed by atoms with Crippen LogP contribution in [0.25, 0.3) is 0 Å². The van der Waals surface area contributed by atoms with E-state index in [1.807, 2.05) is 4.90 Å². The lowest BCUT2D eigenvalue weighted by Crippen LogP contribution is -2.34. The average molecular weight is 384 g/mol. The standard InChI is InChI=1S/C19H23F3N2O3/c1-13-7-15(8-14(2)18(13)27-12-19(20,21)22)10-24(3)11-17(25)23-9-16-5-4-6-26-16/h4-8H,9-12H2,1-3H3,(H,23,25). The Bertz CT molecular complexity index is 735. The van der Waals surface area contributed by atoms with E-state index in [0.717, 1.165) is 5.56 Å². The Hall–Kier alpha value is -2.48. The van der Waals surface area contributed by atoms with E-state index >= 15 is 0 Å². The number of halogens is 3. The van der Waals surface area contributed by atoms with Crippen LogP contribution in [0.5, 0.6) is 5.75 Å². The molecule has 0 spiro atoms. The highest BCUT2D eigenvalue weighted by atomic mass is 19.4. The number of hydrogen-bond donors (Lipinski definition) is 1. The molecule has 1 amide bonds. The SMILES string of the molecule is Cc1cc(CN(C)CC(=O)NCc2ccco2)cc(C)c1OCC(F)(F)F. The van der Waals surface area contributed by atoms with E-state index in [1.54, 1.807) is 51.4 Å². The van der Waals surface area contributed by atoms with Gasteiger partial charge in [0.15, 0.2) is 6.61 Å². The van der Waals surface area contributed by atoms with Gasteiger partial charge in [0.1, 0.15) is 11.5 Å². The lowest BCUT2D eigenvalue weighted by Gasteiger charge is -2.19. The molecule has 1 aromatic heterocycles. The van der Waals surface area contributed by atoms with Crippen molar-refractivity contribution in [1.29, 1.82) is 0 Å². The van der Waals surface area contributed by atoms with Gasteiger partial charge in [-0.25, -0.2) is 0 Å². The Labute approximate surface area is 156 Å². The zero-order valence-corrected chi connectivity index (χ0v) is 15.5. The van der Waals surface area contributed by atoms with Crippen molar-refractivity contribution in [2.24, 2.45) is 0 Å². The fraction of sp³-hybridized carbons (Fsp3) is 0.421. The molecule has 0 radical (unpaired) electrons. The quantitative estimate of drug-likeness (QED) is 0.756. The summed E-state index contributed by atoms with van der Waals surface area (Å²) in [5.74, 6) is 0.772. The van der Waals surface area contributed by atoms with Crippen LogP contribution in [0, 0.1) is 13.8 Å². The van der Waals surface area contributed by atoms with Crippen molar-refractivity contribution in [2.75, 3.05) is 20.2 Å². The van der Waals surface area contributed by atoms with Crippen molar-refractivity contribution in [3.63, 3.8) is 0 Å². The first-order valence-corrected chi connectivity index (χ1v) is 8.41. The molecule has 0 aliphatic rings. The zero-order chi connectivity index (χ0) is 20.0. The monoisotopic (exact) mass is 384 g/mol. The van der Waals surface area contributed by atoms with Crippen LogP contribution in [-0.2, 0) is 17.9 Å². The lowest BCUT2D eigenvalue weighted by molar-refractivity contribution is -0.153. The second-order valence-electron chi connectivity index (χ2n) is 6.49. The highest BCUT2D eigenvalue weighted by Crippen LogP contribution is 2.27. The summed E-state index contributed by atoms with van der Waals surface area (Å²) in [5, 5.41) is 2.76. The average Bonchev–Trinajstić information content (AvgIpc) is 3.04. The number of amides is 1. The predicted molar refractivity (Wildman–Crippen MR) is 94.4 cm³/mol. The minimum Gasteiger partial charge on any atom is -0.484 e. The predicted octanol–water partition coefficient (Wildman–Crippen LogP) is 3.59. The van der Waals surface area contributed by atoms with Crippen LogP contribution in [0.15, 0.2) is 34.9 Å². The molecule has 27 heavy (non-hydrogen) atoms. The molecule has 8 heteroatoms. The largest absolute Gasteiger partial charge is 0.484 e. The van der Waals surface area contributed by atoms with Crippen molar-refractivity contribution in [3.05, 3.63) is 53.0 Å². The Balaban J connectivity index is 1.89. The number of furan rings is 1. The van der Waals surface area contributed by atoms with Crippen molar-refractivity contribution in [1.82, 2.24) is 10.2 Å². The lowest BCUT2D eigenvalue weighted by atomic mass is 10.1. The first-order valence-electron chi connectivity index (χ1n) is 8.41. The molecular formula is C19H23F3N2O3. The number of nitrogens with zero attached hydrogens (tertiary/aromatic N) is 1. The number of aryl methyl sites for hydroxylation is 2. The van der Waals surface area contributed by atoms with Gasteiger partial charge >= 0.3 is 6.18 Å². The van der Waals surface area contributed by atoms with Gasteiger partial charge in [-0.2, -0.15) is 13.2 Å². The first kappa shape index (κ1) is 20.8. The van der Waals surface area contributed by atoms with Gasteiger partial charge in [-0.05, 0) is 49.7 Å². The molecular weight excluding hydrogens is 361 g/mol. The molecule has 0 unspecified atom stereocenters. The van der Waals surface area contributed by atoms with E-state index in [9.17, 15) is 18.0 Å². The van der Waals surface area contributed by atoms with E-state index < -0.39 is 12.8 Å². The van der Waals surface area contributed by atoms with E-state index in [-0.39, 0.29) is 18.2 Å². The molecule has 2 aromatic rings. The van der Waals surface area contributed by atoms with Crippen LogP contribution < -0.4 is 10.1 Å². The van der Waals surface area contributed by atoms with Crippen molar-refractivity contribution in [2.45, 2.75) is 33.1 Å². The number of ether oxygens (including phenoxy) is 1. The second-order valence-corrected chi connectivity index (χ2v) is 6.49. The molecule has 1 N–H and O–H groups in total. The normalized spacial score (nSPS) is 11.7. The van der Waals surface area contributed by atoms with Crippen LogP contribution in [0.3, 0.4) is 0 Å². The third-order valence-corrected chi connectivity index (χ3v) is 3.81. The molecule has 0 atom stereocenters. The maximum absolute atomic E-state index is 12.4. The Morgan fingerprint density at radius 3 is 2.48 bits per heavy atom. The summed E-state index contributed by atoms with van der Waals surface area (Å²) >= 11 is 0. The minimum absolute atomic E-state index is 0.146. The van der Waals surface area contributed by atoms with Gasteiger partial charge in [-0.3, -0.25) is 9.69 Å². The van der Waals surface area contributed by atoms with Gasteiger partial charge in [-0.15, -0.1) is 0 Å². The fourth-order valence-corrected chi connectivity index (χ4v) is 2.78. The van der Waals surface area contributed by atoms with Crippen molar-refractivity contribution >= 4 is 5.91 Å². The Kier molecular flexibility index (Phi) is 6.90. The van der Waals surface area contributed by atoms with E-state index in [2.05, 4.69) is 5.32 Å². The number of rotatable bonds is 8. The summed E-state index contributed by atoms with van der Waals surface area (Å²) < 4.78 is 47.1. The summed E-state index contributed by atoms with van der Waals surface area (Å²) in [5.41, 5.74) is 2.15.